The van der Waals surface area contributed by atoms with Gasteiger partial charge in [-0.15, -0.1) is 6.58 Å². The van der Waals surface area contributed by atoms with Crippen LogP contribution in [0.5, 0.6) is 0 Å². The first-order valence-electron chi connectivity index (χ1n) is 8.00. The molecule has 0 aliphatic carbocycles. The molecule has 2 atom stereocenters. The molecule has 1 fully saturated rings. The number of carbonyl (C=O) groups excluding carboxylic acids is 1. The summed E-state index contributed by atoms with van der Waals surface area (Å²) >= 11 is 0. The van der Waals surface area contributed by atoms with E-state index in [1.54, 1.807) is 6.20 Å². The van der Waals surface area contributed by atoms with E-state index in [4.69, 9.17) is 0 Å². The molecule has 1 aromatic carbocycles. The maximum Gasteiger partial charge on any atom is 0.163 e. The Labute approximate surface area is 131 Å². The topological polar surface area (TPSA) is 42.0 Å². The van der Waals surface area contributed by atoms with E-state index in [0.29, 0.717) is 18.3 Å². The highest BCUT2D eigenvalue weighted by atomic mass is 16.1. The Morgan fingerprint density at radius 3 is 3.09 bits per heavy atom. The van der Waals surface area contributed by atoms with E-state index in [1.165, 1.54) is 0 Å². The van der Waals surface area contributed by atoms with Gasteiger partial charge >= 0.3 is 0 Å². The summed E-state index contributed by atoms with van der Waals surface area (Å²) in [5.74, 6) is 1.27. The van der Waals surface area contributed by atoms with Crippen LogP contribution in [0.25, 0.3) is 10.9 Å². The van der Waals surface area contributed by atoms with Gasteiger partial charge in [0, 0.05) is 30.1 Å². The van der Waals surface area contributed by atoms with Crippen molar-refractivity contribution in [2.24, 2.45) is 11.8 Å². The average molecular weight is 294 g/mol. The normalized spacial score (nSPS) is 21.6. The van der Waals surface area contributed by atoms with E-state index in [1.807, 2.05) is 36.4 Å². The standard InChI is InChI=1S/C19H22N2O/c1-2-14-13-20-11-9-15(14)7-8-19(22)17-10-12-21-18-6-4-3-5-16(17)18/h2-6,10,12,14-15,20H,1,7-9,11,13H2. The molecular formula is C19H22N2O. The average Bonchev–Trinajstić information content (AvgIpc) is 2.59. The molecule has 1 saturated heterocycles. The van der Waals surface area contributed by atoms with E-state index in [2.05, 4.69) is 16.9 Å². The van der Waals surface area contributed by atoms with E-state index in [0.717, 1.165) is 42.4 Å². The van der Waals surface area contributed by atoms with Crippen molar-refractivity contribution in [1.82, 2.24) is 10.3 Å². The van der Waals surface area contributed by atoms with E-state index in [9.17, 15) is 4.79 Å². The molecule has 0 spiro atoms. The molecule has 2 aromatic rings. The lowest BCUT2D eigenvalue weighted by atomic mass is 9.82. The Bertz CT molecular complexity index is 675. The fraction of sp³-hybridized carbons (Fsp3) is 0.368. The molecule has 0 saturated carbocycles. The Balaban J connectivity index is 1.72. The van der Waals surface area contributed by atoms with Crippen LogP contribution in [0.3, 0.4) is 0 Å². The number of pyridine rings is 1. The highest BCUT2D eigenvalue weighted by Crippen LogP contribution is 2.26. The van der Waals surface area contributed by atoms with Gasteiger partial charge in [0.1, 0.15) is 0 Å². The first kappa shape index (κ1) is 14.9. The van der Waals surface area contributed by atoms with Crippen molar-refractivity contribution in [3.8, 4) is 0 Å². The molecule has 0 radical (unpaired) electrons. The number of para-hydroxylation sites is 1. The zero-order valence-electron chi connectivity index (χ0n) is 12.8. The molecule has 114 valence electrons. The number of hydrogen-bond acceptors (Lipinski definition) is 3. The van der Waals surface area contributed by atoms with Crippen LogP contribution >= 0.6 is 0 Å². The Morgan fingerprint density at radius 2 is 2.23 bits per heavy atom. The Hall–Kier alpha value is -2.00. The summed E-state index contributed by atoms with van der Waals surface area (Å²) in [5, 5.41) is 4.35. The van der Waals surface area contributed by atoms with E-state index in [-0.39, 0.29) is 5.78 Å². The van der Waals surface area contributed by atoms with Gasteiger partial charge in [-0.25, -0.2) is 0 Å². The van der Waals surface area contributed by atoms with E-state index < -0.39 is 0 Å². The minimum atomic E-state index is 0.222. The van der Waals surface area contributed by atoms with Crippen molar-refractivity contribution in [2.75, 3.05) is 13.1 Å². The third kappa shape index (κ3) is 3.09. The van der Waals surface area contributed by atoms with Crippen LogP contribution in [0, 0.1) is 11.8 Å². The van der Waals surface area contributed by atoms with Gasteiger partial charge in [-0.3, -0.25) is 9.78 Å². The quantitative estimate of drug-likeness (QED) is 0.676. The lowest BCUT2D eigenvalue weighted by molar-refractivity contribution is 0.0968. The second kappa shape index (κ2) is 6.84. The molecule has 2 heterocycles. The molecule has 22 heavy (non-hydrogen) atoms. The molecule has 1 N–H and O–H groups in total. The van der Waals surface area contributed by atoms with Crippen molar-refractivity contribution in [3.05, 3.63) is 54.7 Å². The number of nitrogens with one attached hydrogen (secondary N) is 1. The molecular weight excluding hydrogens is 272 g/mol. The van der Waals surface area contributed by atoms with Gasteiger partial charge in [-0.1, -0.05) is 24.3 Å². The third-order valence-corrected chi connectivity index (χ3v) is 4.67. The monoisotopic (exact) mass is 294 g/mol. The van der Waals surface area contributed by atoms with E-state index >= 15 is 0 Å². The summed E-state index contributed by atoms with van der Waals surface area (Å²) < 4.78 is 0. The molecule has 0 amide bonds. The molecule has 1 aliphatic rings. The number of rotatable bonds is 5. The van der Waals surface area contributed by atoms with Crippen LogP contribution in [0.4, 0.5) is 0 Å². The SMILES string of the molecule is C=CC1CNCCC1CCC(=O)c1ccnc2ccccc12. The zero-order valence-corrected chi connectivity index (χ0v) is 12.8. The summed E-state index contributed by atoms with van der Waals surface area (Å²) in [6.07, 6.45) is 6.42. The lowest BCUT2D eigenvalue weighted by Crippen LogP contribution is -2.35. The van der Waals surface area contributed by atoms with Gasteiger partial charge in [0.25, 0.3) is 0 Å². The van der Waals surface area contributed by atoms with Crippen LogP contribution in [0.1, 0.15) is 29.6 Å². The summed E-state index contributed by atoms with van der Waals surface area (Å²) in [7, 11) is 0. The Kier molecular flexibility index (Phi) is 4.64. The number of piperidine rings is 1. The Morgan fingerprint density at radius 1 is 1.36 bits per heavy atom. The molecule has 3 heteroatoms. The second-order valence-corrected chi connectivity index (χ2v) is 5.99. The largest absolute Gasteiger partial charge is 0.316 e. The van der Waals surface area contributed by atoms with Crippen LogP contribution in [-0.2, 0) is 0 Å². The summed E-state index contributed by atoms with van der Waals surface area (Å²) in [4.78, 5) is 17.0. The number of benzene rings is 1. The number of hydrogen-bond donors (Lipinski definition) is 1. The molecule has 1 aliphatic heterocycles. The van der Waals surface area contributed by atoms with Gasteiger partial charge in [0.05, 0.1) is 5.52 Å². The van der Waals surface area contributed by atoms with Crippen LogP contribution in [-0.4, -0.2) is 23.9 Å². The fourth-order valence-corrected chi connectivity index (χ4v) is 3.36. The van der Waals surface area contributed by atoms with Gasteiger partial charge in [-0.05, 0) is 43.4 Å². The van der Waals surface area contributed by atoms with Crippen molar-refractivity contribution in [2.45, 2.75) is 19.3 Å². The fourth-order valence-electron chi connectivity index (χ4n) is 3.36. The van der Waals surface area contributed by atoms with Gasteiger partial charge in [-0.2, -0.15) is 0 Å². The van der Waals surface area contributed by atoms with Crippen LogP contribution in [0.15, 0.2) is 49.2 Å². The number of carbonyl (C=O) groups is 1. The first-order chi connectivity index (χ1) is 10.8. The highest BCUT2D eigenvalue weighted by molar-refractivity contribution is 6.07. The van der Waals surface area contributed by atoms with Crippen molar-refractivity contribution in [3.63, 3.8) is 0 Å². The number of ketones is 1. The van der Waals surface area contributed by atoms with Crippen LogP contribution < -0.4 is 5.32 Å². The molecule has 1 aromatic heterocycles. The minimum Gasteiger partial charge on any atom is -0.316 e. The predicted octanol–water partition coefficient (Wildman–Crippen LogP) is 3.61. The number of nitrogens with zero attached hydrogens (tertiary/aromatic N) is 1. The highest BCUT2D eigenvalue weighted by Gasteiger charge is 2.23. The first-order valence-corrected chi connectivity index (χ1v) is 8.00. The summed E-state index contributed by atoms with van der Waals surface area (Å²) in [6, 6.07) is 9.69. The molecule has 3 nitrogen and oxygen atoms in total. The zero-order chi connectivity index (χ0) is 15.4. The number of fused-ring (bicyclic) bond motifs is 1. The lowest BCUT2D eigenvalue weighted by Gasteiger charge is -2.29. The van der Waals surface area contributed by atoms with Crippen molar-refractivity contribution in [1.29, 1.82) is 0 Å². The van der Waals surface area contributed by atoms with Crippen molar-refractivity contribution < 1.29 is 4.79 Å². The smallest absolute Gasteiger partial charge is 0.163 e. The minimum absolute atomic E-state index is 0.222. The molecule has 0 bridgehead atoms. The van der Waals surface area contributed by atoms with Gasteiger partial charge in [0.15, 0.2) is 5.78 Å². The van der Waals surface area contributed by atoms with Gasteiger partial charge in [0.2, 0.25) is 0 Å². The molecule has 2 unspecified atom stereocenters. The third-order valence-electron chi connectivity index (χ3n) is 4.67. The number of Topliss-reactive ketones (excluding diaryl/α,β-unsaturated/α-hetero) is 1. The van der Waals surface area contributed by atoms with Gasteiger partial charge < -0.3 is 5.32 Å². The number of aromatic nitrogens is 1. The van der Waals surface area contributed by atoms with Crippen molar-refractivity contribution >= 4 is 16.7 Å². The maximum atomic E-state index is 12.6. The summed E-state index contributed by atoms with van der Waals surface area (Å²) in [5.41, 5.74) is 1.69. The second-order valence-electron chi connectivity index (χ2n) is 5.99. The molecule has 3 rings (SSSR count). The van der Waals surface area contributed by atoms with Crippen LogP contribution in [0.2, 0.25) is 0 Å². The summed E-state index contributed by atoms with van der Waals surface area (Å²) in [6.45, 7) is 5.96. The maximum absolute atomic E-state index is 12.6. The predicted molar refractivity (Wildman–Crippen MR) is 90.0 cm³/mol.